The molecule has 1 aliphatic heterocycles. The number of carboxylic acids is 1. The molecular formula is C13H14N4O3S. The van der Waals surface area contributed by atoms with Crippen molar-refractivity contribution in [1.82, 2.24) is 15.4 Å². The third kappa shape index (κ3) is 1.85. The number of carbonyl (C=O) groups is 1. The Hall–Kier alpha value is -1.96. The van der Waals surface area contributed by atoms with Crippen LogP contribution in [0.25, 0.3) is 10.7 Å². The Morgan fingerprint density at radius 3 is 3.14 bits per heavy atom. The van der Waals surface area contributed by atoms with Crippen molar-refractivity contribution in [2.24, 2.45) is 11.3 Å². The zero-order chi connectivity index (χ0) is 14.4. The molecule has 0 spiro atoms. The second-order valence-electron chi connectivity index (χ2n) is 5.71. The third-order valence-electron chi connectivity index (χ3n) is 4.64. The van der Waals surface area contributed by atoms with Crippen molar-refractivity contribution >= 4 is 22.4 Å². The monoisotopic (exact) mass is 306 g/mol. The highest BCUT2D eigenvalue weighted by Gasteiger charge is 2.55. The van der Waals surface area contributed by atoms with E-state index in [0.717, 1.165) is 30.9 Å². The van der Waals surface area contributed by atoms with Gasteiger partial charge in [-0.2, -0.15) is 0 Å². The molecule has 1 saturated heterocycles. The van der Waals surface area contributed by atoms with E-state index in [-0.39, 0.29) is 5.92 Å². The van der Waals surface area contributed by atoms with E-state index in [4.69, 9.17) is 4.52 Å². The lowest BCUT2D eigenvalue weighted by atomic mass is 9.81. The number of fused-ring (bicyclic) bond motifs is 1. The summed E-state index contributed by atoms with van der Waals surface area (Å²) in [5.74, 6) is -0.455. The van der Waals surface area contributed by atoms with E-state index >= 15 is 0 Å². The van der Waals surface area contributed by atoms with Crippen molar-refractivity contribution in [2.45, 2.75) is 19.3 Å². The van der Waals surface area contributed by atoms with Gasteiger partial charge in [0, 0.05) is 19.2 Å². The van der Waals surface area contributed by atoms with Crippen molar-refractivity contribution in [2.75, 3.05) is 18.0 Å². The van der Waals surface area contributed by atoms with Gasteiger partial charge in [0.05, 0.1) is 5.41 Å². The molecule has 110 valence electrons. The second kappa shape index (κ2) is 4.52. The zero-order valence-electron chi connectivity index (χ0n) is 11.2. The van der Waals surface area contributed by atoms with Crippen molar-refractivity contribution in [3.05, 3.63) is 12.3 Å². The lowest BCUT2D eigenvalue weighted by Gasteiger charge is -2.22. The Bertz CT molecular complexity index is 671. The molecule has 2 fully saturated rings. The highest BCUT2D eigenvalue weighted by atomic mass is 32.1. The molecule has 7 nitrogen and oxygen atoms in total. The number of rotatable bonds is 3. The topological polar surface area (TPSA) is 92.3 Å². The summed E-state index contributed by atoms with van der Waals surface area (Å²) >= 11 is 1.43. The summed E-state index contributed by atoms with van der Waals surface area (Å²) in [4.78, 5) is 13.7. The Kier molecular flexibility index (Phi) is 2.75. The summed E-state index contributed by atoms with van der Waals surface area (Å²) in [5.41, 5.74) is 0.0609. The fourth-order valence-electron chi connectivity index (χ4n) is 3.55. The number of anilines is 1. The van der Waals surface area contributed by atoms with Crippen LogP contribution in [0.1, 0.15) is 19.3 Å². The smallest absolute Gasteiger partial charge is 0.311 e. The number of aromatic nitrogens is 3. The Balaban J connectivity index is 1.60. The van der Waals surface area contributed by atoms with Crippen LogP contribution in [0.5, 0.6) is 0 Å². The molecule has 2 aliphatic rings. The fraction of sp³-hybridized carbons (Fsp3) is 0.538. The molecule has 0 bridgehead atoms. The van der Waals surface area contributed by atoms with E-state index in [0.29, 0.717) is 17.2 Å². The summed E-state index contributed by atoms with van der Waals surface area (Å²) in [6, 6.07) is 1.74. The Morgan fingerprint density at radius 2 is 2.43 bits per heavy atom. The number of nitrogens with zero attached hydrogens (tertiary/aromatic N) is 4. The molecule has 21 heavy (non-hydrogen) atoms. The fourth-order valence-corrected chi connectivity index (χ4v) is 4.37. The SMILES string of the molecule is O=C(O)[C@@]12CCC[C@H]1CN(c1nnc(-c3ccon3)s1)C2. The molecule has 0 amide bonds. The van der Waals surface area contributed by atoms with Crippen molar-refractivity contribution in [1.29, 1.82) is 0 Å². The van der Waals surface area contributed by atoms with E-state index in [1.165, 1.54) is 17.6 Å². The van der Waals surface area contributed by atoms with Crippen LogP contribution in [-0.4, -0.2) is 39.5 Å². The van der Waals surface area contributed by atoms with Gasteiger partial charge in [-0.15, -0.1) is 10.2 Å². The second-order valence-corrected chi connectivity index (χ2v) is 6.66. The van der Waals surface area contributed by atoms with E-state index < -0.39 is 11.4 Å². The summed E-state index contributed by atoms with van der Waals surface area (Å²) in [6.07, 6.45) is 4.25. The lowest BCUT2D eigenvalue weighted by Crippen LogP contribution is -2.35. The van der Waals surface area contributed by atoms with Gasteiger partial charge in [-0.1, -0.05) is 22.9 Å². The largest absolute Gasteiger partial charge is 0.481 e. The molecule has 2 aromatic heterocycles. The highest BCUT2D eigenvalue weighted by molar-refractivity contribution is 7.18. The van der Waals surface area contributed by atoms with Crippen LogP contribution >= 0.6 is 11.3 Å². The van der Waals surface area contributed by atoms with Crippen LogP contribution in [0.15, 0.2) is 16.9 Å². The van der Waals surface area contributed by atoms with E-state index in [1.54, 1.807) is 6.07 Å². The molecule has 0 aromatic carbocycles. The van der Waals surface area contributed by atoms with Crippen LogP contribution in [0.4, 0.5) is 5.13 Å². The van der Waals surface area contributed by atoms with Crippen LogP contribution in [0.3, 0.4) is 0 Å². The normalized spacial score (nSPS) is 28.0. The van der Waals surface area contributed by atoms with E-state index in [9.17, 15) is 9.90 Å². The van der Waals surface area contributed by atoms with E-state index in [2.05, 4.69) is 20.3 Å². The summed E-state index contributed by atoms with van der Waals surface area (Å²) < 4.78 is 4.81. The maximum absolute atomic E-state index is 11.7. The summed E-state index contributed by atoms with van der Waals surface area (Å²) in [6.45, 7) is 1.28. The molecule has 2 atom stereocenters. The first-order valence-electron chi connectivity index (χ1n) is 6.92. The number of carboxylic acid groups (broad SMARTS) is 1. The van der Waals surface area contributed by atoms with Crippen molar-refractivity contribution in [3.63, 3.8) is 0 Å². The maximum atomic E-state index is 11.7. The predicted molar refractivity (Wildman–Crippen MR) is 75.0 cm³/mol. The number of hydrogen-bond donors (Lipinski definition) is 1. The average molecular weight is 306 g/mol. The Labute approximate surface area is 124 Å². The first-order chi connectivity index (χ1) is 10.2. The maximum Gasteiger partial charge on any atom is 0.311 e. The molecule has 0 radical (unpaired) electrons. The molecule has 8 heteroatoms. The van der Waals surface area contributed by atoms with Crippen LogP contribution in [-0.2, 0) is 4.79 Å². The molecular weight excluding hydrogens is 292 g/mol. The highest BCUT2D eigenvalue weighted by Crippen LogP contribution is 2.50. The minimum atomic E-state index is -0.672. The van der Waals surface area contributed by atoms with Gasteiger partial charge >= 0.3 is 5.97 Å². The van der Waals surface area contributed by atoms with Crippen LogP contribution in [0, 0.1) is 11.3 Å². The predicted octanol–water partition coefficient (Wildman–Crippen LogP) is 1.88. The van der Waals surface area contributed by atoms with Crippen molar-refractivity contribution < 1.29 is 14.4 Å². The van der Waals surface area contributed by atoms with Crippen LogP contribution < -0.4 is 4.90 Å². The van der Waals surface area contributed by atoms with Gasteiger partial charge in [0.25, 0.3) is 0 Å². The first kappa shape index (κ1) is 12.8. The molecule has 4 rings (SSSR count). The van der Waals surface area contributed by atoms with Crippen LogP contribution in [0.2, 0.25) is 0 Å². The van der Waals surface area contributed by atoms with Gasteiger partial charge in [-0.05, 0) is 18.8 Å². The molecule has 1 aliphatic carbocycles. The van der Waals surface area contributed by atoms with Crippen molar-refractivity contribution in [3.8, 4) is 10.7 Å². The molecule has 1 N–H and O–H groups in total. The minimum absolute atomic E-state index is 0.217. The molecule has 1 saturated carbocycles. The summed E-state index contributed by atoms with van der Waals surface area (Å²) in [7, 11) is 0. The molecule has 3 heterocycles. The average Bonchev–Trinajstić information content (AvgIpc) is 3.21. The van der Waals surface area contributed by atoms with Gasteiger partial charge < -0.3 is 14.5 Å². The third-order valence-corrected chi connectivity index (χ3v) is 5.65. The number of aliphatic carboxylic acids is 1. The quantitative estimate of drug-likeness (QED) is 0.925. The first-order valence-corrected chi connectivity index (χ1v) is 7.73. The van der Waals surface area contributed by atoms with Gasteiger partial charge in [-0.25, -0.2) is 0 Å². The Morgan fingerprint density at radius 1 is 1.52 bits per heavy atom. The summed E-state index contributed by atoms with van der Waals surface area (Å²) in [5, 5.41) is 23.2. The van der Waals surface area contributed by atoms with Gasteiger partial charge in [0.2, 0.25) is 5.13 Å². The van der Waals surface area contributed by atoms with Gasteiger partial charge in [-0.3, -0.25) is 4.79 Å². The molecule has 0 unspecified atom stereocenters. The zero-order valence-corrected chi connectivity index (χ0v) is 12.0. The number of hydrogen-bond acceptors (Lipinski definition) is 7. The van der Waals surface area contributed by atoms with Gasteiger partial charge in [0.15, 0.2) is 5.01 Å². The lowest BCUT2D eigenvalue weighted by molar-refractivity contribution is -0.149. The van der Waals surface area contributed by atoms with Gasteiger partial charge in [0.1, 0.15) is 12.0 Å². The minimum Gasteiger partial charge on any atom is -0.481 e. The molecule has 2 aromatic rings. The standard InChI is InChI=1S/C13H14N4O3S/c18-11(19)13-4-1-2-8(13)6-17(7-13)12-15-14-10(21-12)9-3-5-20-16-9/h3,5,8H,1-2,4,6-7H2,(H,18,19)/t8-,13+/m0/s1. The van der Waals surface area contributed by atoms with E-state index in [1.807, 2.05) is 0 Å².